The van der Waals surface area contributed by atoms with E-state index in [-0.39, 0.29) is 5.75 Å². The number of piperidine rings is 1. The van der Waals surface area contributed by atoms with Crippen molar-refractivity contribution in [3.05, 3.63) is 36.2 Å². The molecule has 0 aromatic carbocycles. The number of nitrogens with one attached hydrogen (secondary N) is 1. The molecule has 25 heavy (non-hydrogen) atoms. The zero-order valence-corrected chi connectivity index (χ0v) is 15.5. The Morgan fingerprint density at radius 2 is 2.04 bits per heavy atom. The van der Waals surface area contributed by atoms with Crippen LogP contribution in [0.3, 0.4) is 0 Å². The lowest BCUT2D eigenvalue weighted by Gasteiger charge is -2.28. The van der Waals surface area contributed by atoms with Gasteiger partial charge < -0.3 is 9.64 Å². The number of aromatic nitrogens is 1. The summed E-state index contributed by atoms with van der Waals surface area (Å²) in [4.78, 5) is 18.4. The van der Waals surface area contributed by atoms with E-state index in [0.29, 0.717) is 24.5 Å². The number of amides is 1. The van der Waals surface area contributed by atoms with Crippen molar-refractivity contribution < 1.29 is 17.9 Å². The Morgan fingerprint density at radius 1 is 1.36 bits per heavy atom. The zero-order valence-electron chi connectivity index (χ0n) is 14.7. The Morgan fingerprint density at radius 3 is 2.64 bits per heavy atom. The number of hydrogen-bond donors (Lipinski definition) is 1. The summed E-state index contributed by atoms with van der Waals surface area (Å²) < 4.78 is 31.9. The van der Waals surface area contributed by atoms with Gasteiger partial charge in [0.1, 0.15) is 0 Å². The topological polar surface area (TPSA) is 88.6 Å². The number of nitrogens with zero attached hydrogens (tertiary/aromatic N) is 2. The minimum absolute atomic E-state index is 0.120. The van der Waals surface area contributed by atoms with Crippen LogP contribution in [0.4, 0.5) is 4.79 Å². The number of pyridine rings is 1. The lowest BCUT2D eigenvalue weighted by Crippen LogP contribution is -2.40. The van der Waals surface area contributed by atoms with Gasteiger partial charge in [-0.05, 0) is 50.8 Å². The SMILES string of the molecule is C=C(C)c1cccc(C(NS(=O)(=O)CC)OC(=O)N2CCCCC2)n1. The third-order valence-corrected chi connectivity index (χ3v) is 5.31. The normalized spacial score (nSPS) is 16.3. The minimum Gasteiger partial charge on any atom is -0.423 e. The Labute approximate surface area is 149 Å². The van der Waals surface area contributed by atoms with Crippen molar-refractivity contribution in [2.45, 2.75) is 39.3 Å². The van der Waals surface area contributed by atoms with Crippen molar-refractivity contribution in [2.24, 2.45) is 0 Å². The van der Waals surface area contributed by atoms with Crippen molar-refractivity contribution in [1.29, 1.82) is 0 Å². The fraction of sp³-hybridized carbons (Fsp3) is 0.529. The highest BCUT2D eigenvalue weighted by molar-refractivity contribution is 7.89. The molecular formula is C17H25N3O4S. The molecule has 1 aliphatic rings. The van der Waals surface area contributed by atoms with E-state index in [9.17, 15) is 13.2 Å². The van der Waals surface area contributed by atoms with Gasteiger partial charge in [0.15, 0.2) is 0 Å². The molecule has 0 spiro atoms. The van der Waals surface area contributed by atoms with Crippen LogP contribution in [0.5, 0.6) is 0 Å². The Hall–Kier alpha value is -1.93. The second-order valence-corrected chi connectivity index (χ2v) is 8.10. The fourth-order valence-electron chi connectivity index (χ4n) is 2.48. The van der Waals surface area contributed by atoms with Crippen molar-refractivity contribution in [1.82, 2.24) is 14.6 Å². The molecular weight excluding hydrogens is 342 g/mol. The largest absolute Gasteiger partial charge is 0.423 e. The number of hydrogen-bond acceptors (Lipinski definition) is 5. The quantitative estimate of drug-likeness (QED) is 0.781. The second kappa shape index (κ2) is 8.44. The number of carbonyl (C=O) groups is 1. The Bertz CT molecular complexity index is 727. The molecule has 1 aromatic rings. The predicted octanol–water partition coefficient (Wildman–Crippen LogP) is 2.68. The third kappa shape index (κ3) is 5.54. The molecule has 8 heteroatoms. The molecule has 2 rings (SSSR count). The van der Waals surface area contributed by atoms with Crippen LogP contribution in [0, 0.1) is 0 Å². The molecule has 1 atom stereocenters. The van der Waals surface area contributed by atoms with Gasteiger partial charge in [-0.3, -0.25) is 0 Å². The highest BCUT2D eigenvalue weighted by Gasteiger charge is 2.27. The molecule has 1 saturated heterocycles. The molecule has 1 N–H and O–H groups in total. The van der Waals surface area contributed by atoms with Crippen LogP contribution in [-0.4, -0.2) is 43.2 Å². The first kappa shape index (κ1) is 19.4. The summed E-state index contributed by atoms with van der Waals surface area (Å²) in [6, 6.07) is 5.12. The molecule has 0 saturated carbocycles. The Balaban J connectivity index is 2.24. The molecule has 1 amide bonds. The van der Waals surface area contributed by atoms with E-state index in [1.165, 1.54) is 6.92 Å². The molecule has 2 heterocycles. The van der Waals surface area contributed by atoms with Gasteiger partial charge in [0.2, 0.25) is 16.3 Å². The second-order valence-electron chi connectivity index (χ2n) is 6.06. The highest BCUT2D eigenvalue weighted by atomic mass is 32.2. The smallest absolute Gasteiger partial charge is 0.411 e. The maximum Gasteiger partial charge on any atom is 0.411 e. The zero-order chi connectivity index (χ0) is 18.4. The van der Waals surface area contributed by atoms with Gasteiger partial charge in [-0.25, -0.2) is 18.2 Å². The third-order valence-electron chi connectivity index (χ3n) is 3.98. The molecule has 1 aliphatic heterocycles. The maximum atomic E-state index is 12.4. The number of allylic oxidation sites excluding steroid dienone is 1. The van der Waals surface area contributed by atoms with Crippen LogP contribution in [0.1, 0.15) is 50.7 Å². The molecule has 1 aromatic heterocycles. The summed E-state index contributed by atoms with van der Waals surface area (Å²) in [5, 5.41) is 0. The number of carbonyl (C=O) groups excluding carboxylic acids is 1. The standard InChI is InChI=1S/C17H25N3O4S/c1-4-25(22,23)19-16(15-10-8-9-14(18-15)13(2)3)24-17(21)20-11-6-5-7-12-20/h8-10,16,19H,2,4-7,11-12H2,1,3H3. The number of sulfonamides is 1. The monoisotopic (exact) mass is 367 g/mol. The van der Waals surface area contributed by atoms with E-state index < -0.39 is 22.3 Å². The highest BCUT2D eigenvalue weighted by Crippen LogP contribution is 2.19. The van der Waals surface area contributed by atoms with Crippen LogP contribution >= 0.6 is 0 Å². The summed E-state index contributed by atoms with van der Waals surface area (Å²) in [6.45, 7) is 8.39. The summed E-state index contributed by atoms with van der Waals surface area (Å²) in [5.74, 6) is -0.120. The maximum absolute atomic E-state index is 12.4. The summed E-state index contributed by atoms with van der Waals surface area (Å²) in [6.07, 6.45) is 1.22. The van der Waals surface area contributed by atoms with Crippen LogP contribution in [0.15, 0.2) is 24.8 Å². The van der Waals surface area contributed by atoms with E-state index in [0.717, 1.165) is 24.8 Å². The van der Waals surface area contributed by atoms with E-state index in [1.54, 1.807) is 30.0 Å². The van der Waals surface area contributed by atoms with Gasteiger partial charge in [-0.1, -0.05) is 12.6 Å². The van der Waals surface area contributed by atoms with E-state index in [2.05, 4.69) is 16.3 Å². The van der Waals surface area contributed by atoms with Crippen molar-refractivity contribution in [2.75, 3.05) is 18.8 Å². The van der Waals surface area contributed by atoms with E-state index in [1.807, 2.05) is 0 Å². The molecule has 0 bridgehead atoms. The Kier molecular flexibility index (Phi) is 6.55. The van der Waals surface area contributed by atoms with E-state index in [4.69, 9.17) is 4.74 Å². The van der Waals surface area contributed by atoms with Crippen LogP contribution < -0.4 is 4.72 Å². The van der Waals surface area contributed by atoms with Gasteiger partial charge in [0.25, 0.3) is 0 Å². The molecule has 1 unspecified atom stereocenters. The van der Waals surface area contributed by atoms with Crippen molar-refractivity contribution in [3.63, 3.8) is 0 Å². The molecule has 7 nitrogen and oxygen atoms in total. The van der Waals surface area contributed by atoms with Crippen molar-refractivity contribution >= 4 is 21.7 Å². The average Bonchev–Trinajstić information content (AvgIpc) is 2.61. The number of likely N-dealkylation sites (tertiary alicyclic amines) is 1. The van der Waals surface area contributed by atoms with Crippen LogP contribution in [0.2, 0.25) is 0 Å². The van der Waals surface area contributed by atoms with Crippen molar-refractivity contribution in [3.8, 4) is 0 Å². The molecule has 0 aliphatic carbocycles. The molecule has 1 fully saturated rings. The first-order valence-electron chi connectivity index (χ1n) is 8.41. The first-order chi connectivity index (χ1) is 11.8. The van der Waals surface area contributed by atoms with Crippen LogP contribution in [-0.2, 0) is 14.8 Å². The van der Waals surface area contributed by atoms with E-state index >= 15 is 0 Å². The van der Waals surface area contributed by atoms with Gasteiger partial charge >= 0.3 is 6.09 Å². The predicted molar refractivity (Wildman–Crippen MR) is 96.2 cm³/mol. The minimum atomic E-state index is -3.58. The fourth-order valence-corrected chi connectivity index (χ4v) is 3.14. The average molecular weight is 367 g/mol. The van der Waals surface area contributed by atoms with Gasteiger partial charge in [0.05, 0.1) is 17.1 Å². The number of rotatable bonds is 6. The van der Waals surface area contributed by atoms with Gasteiger partial charge in [0, 0.05) is 13.1 Å². The lowest BCUT2D eigenvalue weighted by atomic mass is 10.1. The van der Waals surface area contributed by atoms with Gasteiger partial charge in [-0.15, -0.1) is 0 Å². The summed E-state index contributed by atoms with van der Waals surface area (Å²) in [5.41, 5.74) is 1.68. The first-order valence-corrected chi connectivity index (χ1v) is 10.1. The molecule has 0 radical (unpaired) electrons. The van der Waals surface area contributed by atoms with Gasteiger partial charge in [-0.2, -0.15) is 4.72 Å². The summed E-state index contributed by atoms with van der Waals surface area (Å²) in [7, 11) is -3.58. The van der Waals surface area contributed by atoms with Crippen LogP contribution in [0.25, 0.3) is 5.57 Å². The lowest BCUT2D eigenvalue weighted by molar-refractivity contribution is 0.0509. The number of ether oxygens (including phenoxy) is 1. The molecule has 138 valence electrons. The summed E-state index contributed by atoms with van der Waals surface area (Å²) >= 11 is 0.